The Labute approximate surface area is 190 Å². The third-order valence-corrected chi connectivity index (χ3v) is 7.98. The number of carbonyl (C=O) groups excluding carboxylic acids is 1. The summed E-state index contributed by atoms with van der Waals surface area (Å²) in [5, 5.41) is 10.3. The zero-order chi connectivity index (χ0) is 22.9. The fraction of sp³-hybridized carbons (Fsp3) is 0.480. The Morgan fingerprint density at radius 1 is 1.03 bits per heavy atom. The van der Waals surface area contributed by atoms with E-state index in [1.54, 1.807) is 18.2 Å². The van der Waals surface area contributed by atoms with E-state index in [9.17, 15) is 18.3 Å². The fourth-order valence-electron chi connectivity index (χ4n) is 4.87. The summed E-state index contributed by atoms with van der Waals surface area (Å²) in [5.74, 6) is 0.112. The number of amides is 1. The number of anilines is 1. The normalized spacial score (nSPS) is 26.7. The average molecular weight is 457 g/mol. The molecule has 1 N–H and O–H groups in total. The molecule has 1 amide bonds. The lowest BCUT2D eigenvalue weighted by molar-refractivity contribution is -0.141. The zero-order valence-corrected chi connectivity index (χ0v) is 19.6. The smallest absolute Gasteiger partial charge is 0.226 e. The summed E-state index contributed by atoms with van der Waals surface area (Å²) in [6.07, 6.45) is 3.94. The maximum absolute atomic E-state index is 13.5. The highest BCUT2D eigenvalue weighted by atomic mass is 32.2. The average Bonchev–Trinajstić information content (AvgIpc) is 2.78. The van der Waals surface area contributed by atoms with Gasteiger partial charge in [0, 0.05) is 37.5 Å². The third-order valence-electron chi connectivity index (χ3n) is 6.87. The molecule has 0 bridgehead atoms. The first-order valence-electron chi connectivity index (χ1n) is 11.3. The predicted octanol–water partition coefficient (Wildman–Crippen LogP) is 3.42. The number of nitrogens with zero attached hydrogens (tertiary/aromatic N) is 2. The van der Waals surface area contributed by atoms with E-state index >= 15 is 0 Å². The largest absolute Gasteiger partial charge is 0.390 e. The van der Waals surface area contributed by atoms with Gasteiger partial charge in [-0.05, 0) is 56.4 Å². The summed E-state index contributed by atoms with van der Waals surface area (Å²) in [6, 6.07) is 17.0. The maximum atomic E-state index is 13.5. The fourth-order valence-corrected chi connectivity index (χ4v) is 5.53. The van der Waals surface area contributed by atoms with E-state index < -0.39 is 15.4 Å². The van der Waals surface area contributed by atoms with Crippen LogP contribution < -0.4 is 4.90 Å². The van der Waals surface area contributed by atoms with Gasteiger partial charge in [-0.25, -0.2) is 8.42 Å². The molecule has 1 aliphatic heterocycles. The highest BCUT2D eigenvalue weighted by Crippen LogP contribution is 2.36. The van der Waals surface area contributed by atoms with E-state index in [4.69, 9.17) is 0 Å². The van der Waals surface area contributed by atoms with Crippen molar-refractivity contribution in [1.29, 1.82) is 0 Å². The first-order chi connectivity index (χ1) is 15.1. The topological polar surface area (TPSA) is 77.9 Å². The van der Waals surface area contributed by atoms with Gasteiger partial charge in [-0.2, -0.15) is 0 Å². The molecule has 2 fully saturated rings. The van der Waals surface area contributed by atoms with Crippen LogP contribution in [0.15, 0.2) is 59.5 Å². The van der Waals surface area contributed by atoms with Gasteiger partial charge in [0.15, 0.2) is 9.84 Å². The van der Waals surface area contributed by atoms with Crippen LogP contribution in [-0.4, -0.2) is 55.8 Å². The van der Waals surface area contributed by atoms with Crippen molar-refractivity contribution < 1.29 is 18.3 Å². The Morgan fingerprint density at radius 3 is 2.38 bits per heavy atom. The Bertz CT molecular complexity index is 1060. The quantitative estimate of drug-likeness (QED) is 0.763. The lowest BCUT2D eigenvalue weighted by Gasteiger charge is -2.45. The van der Waals surface area contributed by atoms with E-state index in [1.807, 2.05) is 48.2 Å². The minimum atomic E-state index is -3.29. The van der Waals surface area contributed by atoms with E-state index in [-0.39, 0.29) is 17.9 Å². The minimum absolute atomic E-state index is 0.0541. The highest BCUT2D eigenvalue weighted by Gasteiger charge is 2.38. The molecule has 1 atom stereocenters. The Kier molecular flexibility index (Phi) is 6.32. The number of rotatable bonds is 4. The Hall–Kier alpha value is -2.38. The summed E-state index contributed by atoms with van der Waals surface area (Å²) < 4.78 is 24.1. The van der Waals surface area contributed by atoms with Crippen LogP contribution in [0.1, 0.15) is 44.2 Å². The lowest BCUT2D eigenvalue weighted by Crippen LogP contribution is -2.53. The molecule has 0 aromatic heterocycles. The van der Waals surface area contributed by atoms with Crippen molar-refractivity contribution in [3.63, 3.8) is 0 Å². The molecule has 7 heteroatoms. The molecule has 1 aliphatic carbocycles. The number of piperazine rings is 1. The van der Waals surface area contributed by atoms with Crippen molar-refractivity contribution in [3.05, 3.63) is 60.2 Å². The number of hydrogen-bond donors (Lipinski definition) is 1. The molecule has 4 rings (SSSR count). The van der Waals surface area contributed by atoms with Crippen LogP contribution in [0.2, 0.25) is 0 Å². The second-order valence-corrected chi connectivity index (χ2v) is 11.5. The first-order valence-corrected chi connectivity index (χ1v) is 13.2. The maximum Gasteiger partial charge on any atom is 0.226 e. The number of carbonyl (C=O) groups is 1. The van der Waals surface area contributed by atoms with Crippen molar-refractivity contribution in [1.82, 2.24) is 4.90 Å². The molecule has 172 valence electrons. The molecule has 0 radical (unpaired) electrons. The molecular formula is C25H32N2O4S. The van der Waals surface area contributed by atoms with Gasteiger partial charge in [0.25, 0.3) is 0 Å². The molecule has 2 aromatic rings. The monoisotopic (exact) mass is 456 g/mol. The van der Waals surface area contributed by atoms with Gasteiger partial charge in [-0.3, -0.25) is 4.79 Å². The van der Waals surface area contributed by atoms with Crippen molar-refractivity contribution in [3.8, 4) is 0 Å². The van der Waals surface area contributed by atoms with E-state index in [0.29, 0.717) is 50.2 Å². The zero-order valence-electron chi connectivity index (χ0n) is 18.8. The van der Waals surface area contributed by atoms with Gasteiger partial charge < -0.3 is 14.9 Å². The molecule has 1 saturated carbocycles. The number of aliphatic hydroxyl groups is 1. The summed E-state index contributed by atoms with van der Waals surface area (Å²) in [7, 11) is -3.29. The summed E-state index contributed by atoms with van der Waals surface area (Å²) in [6.45, 7) is 3.68. The van der Waals surface area contributed by atoms with Crippen LogP contribution in [-0.2, 0) is 14.6 Å². The van der Waals surface area contributed by atoms with Gasteiger partial charge >= 0.3 is 0 Å². The van der Waals surface area contributed by atoms with Crippen LogP contribution in [0.5, 0.6) is 0 Å². The van der Waals surface area contributed by atoms with E-state index in [0.717, 1.165) is 11.3 Å². The van der Waals surface area contributed by atoms with Crippen molar-refractivity contribution in [2.75, 3.05) is 30.8 Å². The molecule has 6 nitrogen and oxygen atoms in total. The van der Waals surface area contributed by atoms with Gasteiger partial charge in [-0.1, -0.05) is 36.4 Å². The van der Waals surface area contributed by atoms with Gasteiger partial charge in [-0.15, -0.1) is 0 Å². The highest BCUT2D eigenvalue weighted by molar-refractivity contribution is 7.90. The molecule has 2 aromatic carbocycles. The van der Waals surface area contributed by atoms with Crippen molar-refractivity contribution >= 4 is 21.4 Å². The molecular weight excluding hydrogens is 424 g/mol. The van der Waals surface area contributed by atoms with Crippen molar-refractivity contribution in [2.45, 2.75) is 49.1 Å². The summed E-state index contributed by atoms with van der Waals surface area (Å²) in [5.41, 5.74) is 1.26. The number of sulfone groups is 1. The summed E-state index contributed by atoms with van der Waals surface area (Å²) in [4.78, 5) is 18.0. The van der Waals surface area contributed by atoms with Gasteiger partial charge in [0.1, 0.15) is 0 Å². The number of hydrogen-bond acceptors (Lipinski definition) is 5. The van der Waals surface area contributed by atoms with Crippen LogP contribution in [0.3, 0.4) is 0 Å². The van der Waals surface area contributed by atoms with Crippen LogP contribution in [0.4, 0.5) is 5.69 Å². The lowest BCUT2D eigenvalue weighted by atomic mass is 9.79. The molecule has 32 heavy (non-hydrogen) atoms. The van der Waals surface area contributed by atoms with E-state index in [2.05, 4.69) is 4.90 Å². The molecule has 1 heterocycles. The molecule has 0 unspecified atom stereocenters. The Morgan fingerprint density at radius 2 is 1.72 bits per heavy atom. The summed E-state index contributed by atoms with van der Waals surface area (Å²) >= 11 is 0. The van der Waals surface area contributed by atoms with Crippen LogP contribution >= 0.6 is 0 Å². The molecule has 0 spiro atoms. The third kappa shape index (κ3) is 4.99. The van der Waals surface area contributed by atoms with Crippen LogP contribution in [0.25, 0.3) is 0 Å². The predicted molar refractivity (Wildman–Crippen MR) is 125 cm³/mol. The second kappa shape index (κ2) is 8.87. The Balaban J connectivity index is 1.58. The standard InChI is InChI=1S/C25H32N2O4S/c1-25(29)13-11-20(12-14-25)24(28)27-16-15-26(18-23(27)19-7-4-3-5-8-19)21-9-6-10-22(17-21)32(2,30)31/h3-10,17,20,23,29H,11-16,18H2,1-2H3/t20?,23-,25?/m0/s1. The molecule has 2 aliphatic rings. The second-order valence-electron chi connectivity index (χ2n) is 9.44. The SMILES string of the molecule is CC1(O)CCC(C(=O)N2CCN(c3cccc(S(C)(=O)=O)c3)C[C@H]2c2ccccc2)CC1. The first kappa shape index (κ1) is 22.8. The number of benzene rings is 2. The van der Waals surface area contributed by atoms with Crippen molar-refractivity contribution in [2.24, 2.45) is 5.92 Å². The van der Waals surface area contributed by atoms with Gasteiger partial charge in [0.2, 0.25) is 5.91 Å². The molecule has 1 saturated heterocycles. The minimum Gasteiger partial charge on any atom is -0.390 e. The van der Waals surface area contributed by atoms with Gasteiger partial charge in [0.05, 0.1) is 16.5 Å². The van der Waals surface area contributed by atoms with E-state index in [1.165, 1.54) is 6.26 Å². The van der Waals surface area contributed by atoms with Crippen LogP contribution in [0, 0.1) is 5.92 Å².